The Morgan fingerprint density at radius 2 is 1.74 bits per heavy atom. The second-order valence-electron chi connectivity index (χ2n) is 4.40. The summed E-state index contributed by atoms with van der Waals surface area (Å²) in [5, 5.41) is 0. The molecule has 0 spiro atoms. The van der Waals surface area contributed by atoms with E-state index < -0.39 is 0 Å². The fourth-order valence-electron chi connectivity index (χ4n) is 2.02. The lowest BCUT2D eigenvalue weighted by atomic mass is 9.98. The first-order chi connectivity index (χ1) is 9.06. The largest absolute Gasteiger partial charge is 0.496 e. The average Bonchev–Trinajstić information content (AvgIpc) is 2.41. The first-order valence-electron chi connectivity index (χ1n) is 5.99. The van der Waals surface area contributed by atoms with Crippen LogP contribution >= 0.6 is 22.6 Å². The van der Waals surface area contributed by atoms with Crippen molar-refractivity contribution in [3.05, 3.63) is 62.2 Å². The van der Waals surface area contributed by atoms with Crippen molar-refractivity contribution < 1.29 is 9.53 Å². The zero-order valence-electron chi connectivity index (χ0n) is 11.2. The minimum Gasteiger partial charge on any atom is -0.496 e. The summed E-state index contributed by atoms with van der Waals surface area (Å²) in [6.45, 7) is 3.99. The molecule has 0 fully saturated rings. The van der Waals surface area contributed by atoms with E-state index in [0.29, 0.717) is 16.9 Å². The van der Waals surface area contributed by atoms with Gasteiger partial charge in [-0.05, 0) is 65.8 Å². The number of benzene rings is 2. The minimum atomic E-state index is 0.00458. The lowest BCUT2D eigenvalue weighted by Crippen LogP contribution is -2.07. The molecule has 19 heavy (non-hydrogen) atoms. The van der Waals surface area contributed by atoms with Crippen LogP contribution in [0.1, 0.15) is 27.0 Å². The van der Waals surface area contributed by atoms with Crippen LogP contribution < -0.4 is 4.74 Å². The Labute approximate surface area is 126 Å². The highest BCUT2D eigenvalue weighted by Crippen LogP contribution is 2.29. The maximum atomic E-state index is 12.6. The third-order valence-electron chi connectivity index (χ3n) is 3.24. The summed E-state index contributed by atoms with van der Waals surface area (Å²) in [4.78, 5) is 12.6. The van der Waals surface area contributed by atoms with Crippen LogP contribution in [0.15, 0.2) is 36.4 Å². The summed E-state index contributed by atoms with van der Waals surface area (Å²) >= 11 is 2.18. The molecule has 0 saturated carbocycles. The number of ketones is 1. The van der Waals surface area contributed by atoms with E-state index in [-0.39, 0.29) is 5.78 Å². The highest BCUT2D eigenvalue weighted by molar-refractivity contribution is 14.1. The van der Waals surface area contributed by atoms with Gasteiger partial charge >= 0.3 is 0 Å². The summed E-state index contributed by atoms with van der Waals surface area (Å²) in [5.41, 5.74) is 3.47. The summed E-state index contributed by atoms with van der Waals surface area (Å²) in [6.07, 6.45) is 0. The highest BCUT2D eigenvalue weighted by Gasteiger charge is 2.18. The lowest BCUT2D eigenvalue weighted by Gasteiger charge is -2.13. The first kappa shape index (κ1) is 14.1. The van der Waals surface area contributed by atoms with Crippen LogP contribution in [-0.4, -0.2) is 12.9 Å². The van der Waals surface area contributed by atoms with Crippen LogP contribution in [0.4, 0.5) is 0 Å². The number of carbonyl (C=O) groups excluding carboxylic acids is 1. The van der Waals surface area contributed by atoms with Gasteiger partial charge in [0.15, 0.2) is 5.78 Å². The van der Waals surface area contributed by atoms with Gasteiger partial charge in [0.05, 0.1) is 12.7 Å². The Hall–Kier alpha value is -1.36. The number of aryl methyl sites for hydroxylation is 1. The molecule has 0 radical (unpaired) electrons. The molecule has 0 unspecified atom stereocenters. The number of hydrogen-bond acceptors (Lipinski definition) is 2. The summed E-state index contributed by atoms with van der Waals surface area (Å²) in [7, 11) is 1.61. The monoisotopic (exact) mass is 366 g/mol. The molecule has 98 valence electrons. The van der Waals surface area contributed by atoms with Gasteiger partial charge in [-0.1, -0.05) is 18.2 Å². The molecule has 0 atom stereocenters. The van der Waals surface area contributed by atoms with Gasteiger partial charge in [0.25, 0.3) is 0 Å². The van der Waals surface area contributed by atoms with Gasteiger partial charge in [0.2, 0.25) is 0 Å². The molecule has 0 aliphatic carbocycles. The van der Waals surface area contributed by atoms with Crippen molar-refractivity contribution in [1.82, 2.24) is 0 Å². The van der Waals surface area contributed by atoms with Gasteiger partial charge in [-0.2, -0.15) is 0 Å². The zero-order valence-corrected chi connectivity index (χ0v) is 13.3. The molecule has 0 saturated heterocycles. The molecule has 2 rings (SSSR count). The van der Waals surface area contributed by atoms with Gasteiger partial charge in [-0.25, -0.2) is 0 Å². The Morgan fingerprint density at radius 1 is 1.05 bits per heavy atom. The third kappa shape index (κ3) is 2.66. The predicted molar refractivity (Wildman–Crippen MR) is 85.1 cm³/mol. The molecule has 0 heterocycles. The SMILES string of the molecule is COc1c(C(=O)c2ccccc2I)ccc(C)c1C. The fourth-order valence-corrected chi connectivity index (χ4v) is 2.65. The van der Waals surface area contributed by atoms with E-state index >= 15 is 0 Å². The van der Waals surface area contributed by atoms with E-state index in [0.717, 1.165) is 14.7 Å². The van der Waals surface area contributed by atoms with Crippen molar-refractivity contribution in [2.75, 3.05) is 7.11 Å². The molecule has 2 aromatic carbocycles. The van der Waals surface area contributed by atoms with Crippen LogP contribution in [0.25, 0.3) is 0 Å². The zero-order chi connectivity index (χ0) is 14.0. The summed E-state index contributed by atoms with van der Waals surface area (Å²) in [5.74, 6) is 0.676. The van der Waals surface area contributed by atoms with Gasteiger partial charge in [0.1, 0.15) is 5.75 Å². The molecule has 0 amide bonds. The summed E-state index contributed by atoms with van der Waals surface area (Å²) in [6, 6.07) is 11.4. The van der Waals surface area contributed by atoms with Gasteiger partial charge in [0, 0.05) is 9.13 Å². The number of carbonyl (C=O) groups is 1. The molecule has 2 nitrogen and oxygen atoms in total. The van der Waals surface area contributed by atoms with E-state index in [1.54, 1.807) is 7.11 Å². The third-order valence-corrected chi connectivity index (χ3v) is 4.18. The maximum Gasteiger partial charge on any atom is 0.197 e. The van der Waals surface area contributed by atoms with Crippen LogP contribution in [0.2, 0.25) is 0 Å². The van der Waals surface area contributed by atoms with E-state index in [2.05, 4.69) is 22.6 Å². The van der Waals surface area contributed by atoms with Crippen LogP contribution in [0.5, 0.6) is 5.75 Å². The first-order valence-corrected chi connectivity index (χ1v) is 7.07. The van der Waals surface area contributed by atoms with Gasteiger partial charge in [-0.3, -0.25) is 4.79 Å². The molecule has 0 aromatic heterocycles. The van der Waals surface area contributed by atoms with E-state index in [4.69, 9.17) is 4.74 Å². The standard InChI is InChI=1S/C16H15IO2/c1-10-8-9-13(16(19-3)11(10)2)15(18)12-6-4-5-7-14(12)17/h4-9H,1-3H3. The van der Waals surface area contributed by atoms with Crippen molar-refractivity contribution in [3.8, 4) is 5.75 Å². The van der Waals surface area contributed by atoms with Crippen molar-refractivity contribution in [2.24, 2.45) is 0 Å². The molecule has 0 N–H and O–H groups in total. The molecule has 2 aromatic rings. The Balaban J connectivity index is 2.57. The highest BCUT2D eigenvalue weighted by atomic mass is 127. The van der Waals surface area contributed by atoms with Gasteiger partial charge < -0.3 is 4.74 Å². The number of halogens is 1. The maximum absolute atomic E-state index is 12.6. The normalized spacial score (nSPS) is 10.3. The smallest absolute Gasteiger partial charge is 0.197 e. The number of methoxy groups -OCH3 is 1. The van der Waals surface area contributed by atoms with Crippen molar-refractivity contribution >= 4 is 28.4 Å². The fraction of sp³-hybridized carbons (Fsp3) is 0.188. The number of rotatable bonds is 3. The second kappa shape index (κ2) is 5.74. The lowest BCUT2D eigenvalue weighted by molar-refractivity contribution is 0.103. The number of ether oxygens (including phenoxy) is 1. The Kier molecular flexibility index (Phi) is 4.24. The molecule has 0 bridgehead atoms. The molecule has 0 aliphatic rings. The molecular weight excluding hydrogens is 351 g/mol. The molecular formula is C16H15IO2. The van der Waals surface area contributed by atoms with Crippen LogP contribution in [0.3, 0.4) is 0 Å². The number of hydrogen-bond donors (Lipinski definition) is 0. The van der Waals surface area contributed by atoms with Crippen molar-refractivity contribution in [2.45, 2.75) is 13.8 Å². The van der Waals surface area contributed by atoms with E-state index in [1.807, 2.05) is 50.2 Å². The molecule has 0 aliphatic heterocycles. The summed E-state index contributed by atoms with van der Waals surface area (Å²) < 4.78 is 6.37. The Morgan fingerprint density at radius 3 is 2.37 bits per heavy atom. The van der Waals surface area contributed by atoms with Crippen molar-refractivity contribution in [1.29, 1.82) is 0 Å². The van der Waals surface area contributed by atoms with Crippen LogP contribution in [0, 0.1) is 17.4 Å². The molecule has 3 heteroatoms. The van der Waals surface area contributed by atoms with Crippen LogP contribution in [-0.2, 0) is 0 Å². The second-order valence-corrected chi connectivity index (χ2v) is 5.56. The average molecular weight is 366 g/mol. The predicted octanol–water partition coefficient (Wildman–Crippen LogP) is 4.15. The minimum absolute atomic E-state index is 0.00458. The quantitative estimate of drug-likeness (QED) is 0.603. The van der Waals surface area contributed by atoms with E-state index in [1.165, 1.54) is 0 Å². The topological polar surface area (TPSA) is 26.3 Å². The van der Waals surface area contributed by atoms with Crippen molar-refractivity contribution in [3.63, 3.8) is 0 Å². The Bertz CT molecular complexity index is 633. The van der Waals surface area contributed by atoms with Gasteiger partial charge in [-0.15, -0.1) is 0 Å². The van der Waals surface area contributed by atoms with E-state index in [9.17, 15) is 4.79 Å².